The molecule has 1 saturated heterocycles. The number of hydrogen-bond donors (Lipinski definition) is 1. The van der Waals surface area contributed by atoms with E-state index in [2.05, 4.69) is 54.3 Å². The van der Waals surface area contributed by atoms with Crippen LogP contribution in [0, 0.1) is 20.8 Å². The van der Waals surface area contributed by atoms with Crippen molar-refractivity contribution in [1.82, 2.24) is 9.80 Å². The molecule has 7 heteroatoms. The SMILES string of the molecule is CCN1CCN([C@@H](c2sccc2C)c2c(NC(=O)c3ccco3)sc(C)c2C)CC1. The lowest BCUT2D eigenvalue weighted by molar-refractivity contribution is 0.0996. The summed E-state index contributed by atoms with van der Waals surface area (Å²) in [5.74, 6) is 0.144. The maximum Gasteiger partial charge on any atom is 0.291 e. The highest BCUT2D eigenvalue weighted by atomic mass is 32.1. The van der Waals surface area contributed by atoms with E-state index in [0.717, 1.165) is 37.7 Å². The first-order valence-corrected chi connectivity index (χ1v) is 12.1. The van der Waals surface area contributed by atoms with Gasteiger partial charge in [0, 0.05) is 41.5 Å². The first kappa shape index (κ1) is 21.3. The number of anilines is 1. The van der Waals surface area contributed by atoms with E-state index in [1.54, 1.807) is 23.5 Å². The van der Waals surface area contributed by atoms with Crippen LogP contribution in [0.1, 0.15) is 50.0 Å². The Hall–Kier alpha value is -1.93. The fraction of sp³-hybridized carbons (Fsp3) is 0.435. The molecule has 5 nitrogen and oxygen atoms in total. The number of amides is 1. The molecule has 0 spiro atoms. The molecule has 0 radical (unpaired) electrons. The van der Waals surface area contributed by atoms with Gasteiger partial charge in [-0.15, -0.1) is 22.7 Å². The van der Waals surface area contributed by atoms with Gasteiger partial charge in [-0.3, -0.25) is 9.69 Å². The average molecular weight is 444 g/mol. The highest BCUT2D eigenvalue weighted by molar-refractivity contribution is 7.16. The summed E-state index contributed by atoms with van der Waals surface area (Å²) in [7, 11) is 0. The van der Waals surface area contributed by atoms with Gasteiger partial charge in [0.05, 0.1) is 12.3 Å². The average Bonchev–Trinajstić information content (AvgIpc) is 3.48. The Labute approximate surface area is 186 Å². The zero-order valence-electron chi connectivity index (χ0n) is 18.0. The molecule has 1 atom stereocenters. The number of thiophene rings is 2. The second kappa shape index (κ2) is 9.06. The van der Waals surface area contributed by atoms with Crippen molar-refractivity contribution in [3.05, 3.63) is 62.0 Å². The van der Waals surface area contributed by atoms with Gasteiger partial charge in [-0.2, -0.15) is 0 Å². The Bertz CT molecular complexity index is 998. The molecular weight excluding hydrogens is 414 g/mol. The maximum absolute atomic E-state index is 12.8. The van der Waals surface area contributed by atoms with Crippen LogP contribution in [0.2, 0.25) is 0 Å². The number of nitrogens with zero attached hydrogens (tertiary/aromatic N) is 2. The summed E-state index contributed by atoms with van der Waals surface area (Å²) in [6.45, 7) is 14.0. The quantitative estimate of drug-likeness (QED) is 0.561. The molecule has 3 aromatic heterocycles. The molecular formula is C23H29N3O2S2. The Morgan fingerprint density at radius 3 is 2.57 bits per heavy atom. The lowest BCUT2D eigenvalue weighted by atomic mass is 9.98. The third-order valence-corrected chi connectivity index (χ3v) is 8.26. The van der Waals surface area contributed by atoms with Gasteiger partial charge in [0.2, 0.25) is 0 Å². The summed E-state index contributed by atoms with van der Waals surface area (Å²) in [5, 5.41) is 6.26. The minimum absolute atomic E-state index is 0.154. The van der Waals surface area contributed by atoms with Crippen LogP contribution in [0.3, 0.4) is 0 Å². The van der Waals surface area contributed by atoms with Crippen molar-refractivity contribution < 1.29 is 9.21 Å². The maximum atomic E-state index is 12.8. The molecule has 30 heavy (non-hydrogen) atoms. The number of carbonyl (C=O) groups is 1. The summed E-state index contributed by atoms with van der Waals surface area (Å²) in [6, 6.07) is 5.80. The third kappa shape index (κ3) is 4.12. The van der Waals surface area contributed by atoms with Gasteiger partial charge in [-0.1, -0.05) is 6.92 Å². The lowest BCUT2D eigenvalue weighted by Gasteiger charge is -2.39. The number of likely N-dealkylation sites (N-methyl/N-ethyl adjacent to an activating group) is 1. The highest BCUT2D eigenvalue weighted by Gasteiger charge is 2.33. The zero-order valence-corrected chi connectivity index (χ0v) is 19.7. The number of piperazine rings is 1. The monoisotopic (exact) mass is 443 g/mol. The fourth-order valence-electron chi connectivity index (χ4n) is 4.12. The molecule has 4 rings (SSSR count). The Morgan fingerprint density at radius 1 is 1.20 bits per heavy atom. The summed E-state index contributed by atoms with van der Waals surface area (Å²) < 4.78 is 5.32. The molecule has 1 aliphatic heterocycles. The number of rotatable bonds is 6. The second-order valence-corrected chi connectivity index (χ2v) is 9.97. The van der Waals surface area contributed by atoms with Crippen LogP contribution in [-0.2, 0) is 0 Å². The smallest absolute Gasteiger partial charge is 0.291 e. The summed E-state index contributed by atoms with van der Waals surface area (Å²) in [4.78, 5) is 20.5. The van der Waals surface area contributed by atoms with Crippen LogP contribution in [0.4, 0.5) is 5.00 Å². The van der Waals surface area contributed by atoms with Crippen LogP contribution >= 0.6 is 22.7 Å². The van der Waals surface area contributed by atoms with Crippen LogP contribution in [-0.4, -0.2) is 48.4 Å². The molecule has 3 aromatic rings. The molecule has 1 fully saturated rings. The van der Waals surface area contributed by atoms with Crippen molar-refractivity contribution in [2.24, 2.45) is 0 Å². The number of carbonyl (C=O) groups excluding carboxylic acids is 1. The zero-order chi connectivity index (χ0) is 21.3. The molecule has 1 aliphatic rings. The van der Waals surface area contributed by atoms with Crippen LogP contribution in [0.15, 0.2) is 34.3 Å². The van der Waals surface area contributed by atoms with Crippen molar-refractivity contribution >= 4 is 33.6 Å². The van der Waals surface area contributed by atoms with Gasteiger partial charge < -0.3 is 14.6 Å². The van der Waals surface area contributed by atoms with Gasteiger partial charge in [-0.25, -0.2) is 0 Å². The molecule has 4 heterocycles. The molecule has 160 valence electrons. The van der Waals surface area contributed by atoms with E-state index in [0.29, 0.717) is 5.76 Å². The van der Waals surface area contributed by atoms with Crippen molar-refractivity contribution in [2.45, 2.75) is 33.7 Å². The van der Waals surface area contributed by atoms with Crippen molar-refractivity contribution in [3.8, 4) is 0 Å². The highest BCUT2D eigenvalue weighted by Crippen LogP contribution is 2.44. The Morgan fingerprint density at radius 2 is 1.97 bits per heavy atom. The normalized spacial score (nSPS) is 16.7. The van der Waals surface area contributed by atoms with E-state index in [1.165, 1.54) is 32.7 Å². The van der Waals surface area contributed by atoms with Gasteiger partial charge in [0.1, 0.15) is 5.00 Å². The predicted molar refractivity (Wildman–Crippen MR) is 125 cm³/mol. The Balaban J connectivity index is 1.73. The molecule has 1 amide bonds. The van der Waals surface area contributed by atoms with Gasteiger partial charge in [0.25, 0.3) is 5.91 Å². The number of aryl methyl sites for hydroxylation is 2. The number of hydrogen-bond acceptors (Lipinski definition) is 6. The lowest BCUT2D eigenvalue weighted by Crippen LogP contribution is -2.47. The minimum Gasteiger partial charge on any atom is -0.459 e. The first-order valence-electron chi connectivity index (χ1n) is 10.4. The first-order chi connectivity index (χ1) is 14.5. The molecule has 0 unspecified atom stereocenters. The summed E-state index contributed by atoms with van der Waals surface area (Å²) in [6.07, 6.45) is 1.53. The molecule has 0 bridgehead atoms. The topological polar surface area (TPSA) is 48.7 Å². The van der Waals surface area contributed by atoms with Gasteiger partial charge in [0.15, 0.2) is 5.76 Å². The van der Waals surface area contributed by atoms with Gasteiger partial charge in [-0.05, 0) is 62.0 Å². The molecule has 1 N–H and O–H groups in total. The van der Waals surface area contributed by atoms with Crippen molar-refractivity contribution in [3.63, 3.8) is 0 Å². The number of furan rings is 1. The number of nitrogens with one attached hydrogen (secondary N) is 1. The van der Waals surface area contributed by atoms with Gasteiger partial charge >= 0.3 is 0 Å². The van der Waals surface area contributed by atoms with Crippen molar-refractivity contribution in [1.29, 1.82) is 0 Å². The fourth-order valence-corrected chi connectivity index (χ4v) is 6.28. The van der Waals surface area contributed by atoms with E-state index in [1.807, 2.05) is 11.3 Å². The van der Waals surface area contributed by atoms with E-state index >= 15 is 0 Å². The van der Waals surface area contributed by atoms with E-state index in [4.69, 9.17) is 4.42 Å². The minimum atomic E-state index is -0.194. The third-order valence-electron chi connectivity index (χ3n) is 6.05. The van der Waals surface area contributed by atoms with Crippen LogP contribution in [0.5, 0.6) is 0 Å². The van der Waals surface area contributed by atoms with E-state index in [-0.39, 0.29) is 11.9 Å². The van der Waals surface area contributed by atoms with Crippen molar-refractivity contribution in [2.75, 3.05) is 38.0 Å². The summed E-state index contributed by atoms with van der Waals surface area (Å²) >= 11 is 3.48. The van der Waals surface area contributed by atoms with E-state index in [9.17, 15) is 4.79 Å². The van der Waals surface area contributed by atoms with Crippen LogP contribution < -0.4 is 5.32 Å². The van der Waals surface area contributed by atoms with Crippen LogP contribution in [0.25, 0.3) is 0 Å². The second-order valence-electron chi connectivity index (χ2n) is 7.80. The molecule has 0 aromatic carbocycles. The standard InChI is InChI=1S/C23H29N3O2S2/c1-5-25-9-11-26(12-10-25)20(21-15(2)8-14-29-21)19-16(3)17(4)30-23(19)24-22(27)18-7-6-13-28-18/h6-8,13-14,20H,5,9-12H2,1-4H3,(H,24,27)/t20-/m1/s1. The predicted octanol–water partition coefficient (Wildman–Crippen LogP) is 5.31. The summed E-state index contributed by atoms with van der Waals surface area (Å²) in [5.41, 5.74) is 3.81. The van der Waals surface area contributed by atoms with E-state index < -0.39 is 0 Å². The largest absolute Gasteiger partial charge is 0.459 e. The molecule has 0 aliphatic carbocycles. The Kier molecular flexibility index (Phi) is 6.43. The molecule has 0 saturated carbocycles.